The van der Waals surface area contributed by atoms with E-state index in [9.17, 15) is 9.18 Å². The third kappa shape index (κ3) is 3.97. The van der Waals surface area contributed by atoms with Crippen molar-refractivity contribution < 1.29 is 13.7 Å². The third-order valence-corrected chi connectivity index (χ3v) is 5.71. The van der Waals surface area contributed by atoms with Crippen molar-refractivity contribution in [2.45, 2.75) is 13.5 Å². The number of aryl methyl sites for hydroxylation is 1. The molecule has 4 heterocycles. The summed E-state index contributed by atoms with van der Waals surface area (Å²) in [6, 6.07) is 11.7. The summed E-state index contributed by atoms with van der Waals surface area (Å²) in [5.74, 6) is -0.413. The number of rotatable bonds is 4. The number of carbonyl (C=O) groups excluding carboxylic acids is 1. The lowest BCUT2D eigenvalue weighted by Gasteiger charge is -2.34. The Kier molecular flexibility index (Phi) is 5.36. The summed E-state index contributed by atoms with van der Waals surface area (Å²) in [5, 5.41) is 4.70. The largest absolute Gasteiger partial charge is 0.336 e. The van der Waals surface area contributed by atoms with E-state index in [2.05, 4.69) is 26.1 Å². The summed E-state index contributed by atoms with van der Waals surface area (Å²) < 4.78 is 18.8. The van der Waals surface area contributed by atoms with Gasteiger partial charge >= 0.3 is 0 Å². The number of nitrogens with zero attached hydrogens (tertiary/aromatic N) is 5. The molecule has 0 unspecified atom stereocenters. The predicted octanol–water partition coefficient (Wildman–Crippen LogP) is 3.69. The van der Waals surface area contributed by atoms with Gasteiger partial charge in [-0.05, 0) is 48.9 Å². The standard InChI is InChI=1S/C24H22FN5O2/c1-16-13-20(21-22(28-32-23(21)27-16)18-4-6-19(25)7-5-18)24(31)30-11-9-29(10-12-30)15-17-3-2-8-26-14-17/h2-8,13-14H,9-12,15H2,1H3. The van der Waals surface area contributed by atoms with Crippen LogP contribution < -0.4 is 0 Å². The Hall–Kier alpha value is -3.65. The van der Waals surface area contributed by atoms with Gasteiger partial charge in [-0.3, -0.25) is 14.7 Å². The van der Waals surface area contributed by atoms with Crippen LogP contribution in [0.4, 0.5) is 4.39 Å². The number of hydrogen-bond acceptors (Lipinski definition) is 6. The number of fused-ring (bicyclic) bond motifs is 1. The molecule has 4 aromatic rings. The minimum atomic E-state index is -0.337. The van der Waals surface area contributed by atoms with E-state index in [0.717, 1.165) is 25.2 Å². The highest BCUT2D eigenvalue weighted by atomic mass is 19.1. The first kappa shape index (κ1) is 20.3. The number of hydrogen-bond donors (Lipinski definition) is 0. The molecular formula is C24H22FN5O2. The van der Waals surface area contributed by atoms with E-state index in [0.29, 0.717) is 46.7 Å². The van der Waals surface area contributed by atoms with Crippen molar-refractivity contribution in [2.24, 2.45) is 0 Å². The van der Waals surface area contributed by atoms with Crippen LogP contribution in [0.1, 0.15) is 21.6 Å². The zero-order valence-electron chi connectivity index (χ0n) is 17.7. The second kappa shape index (κ2) is 8.47. The van der Waals surface area contributed by atoms with Crippen LogP contribution >= 0.6 is 0 Å². The molecule has 32 heavy (non-hydrogen) atoms. The average molecular weight is 431 g/mol. The van der Waals surface area contributed by atoms with Gasteiger partial charge in [0.25, 0.3) is 11.6 Å². The first-order valence-corrected chi connectivity index (χ1v) is 10.5. The van der Waals surface area contributed by atoms with E-state index in [1.807, 2.05) is 24.1 Å². The fourth-order valence-electron chi connectivity index (χ4n) is 4.08. The highest BCUT2D eigenvalue weighted by molar-refractivity contribution is 6.09. The molecule has 8 heteroatoms. The summed E-state index contributed by atoms with van der Waals surface area (Å²) in [7, 11) is 0. The van der Waals surface area contributed by atoms with Crippen molar-refractivity contribution in [1.29, 1.82) is 0 Å². The highest BCUT2D eigenvalue weighted by Gasteiger charge is 2.27. The molecule has 1 aromatic carbocycles. The van der Waals surface area contributed by atoms with Gasteiger partial charge in [-0.1, -0.05) is 11.2 Å². The lowest BCUT2D eigenvalue weighted by atomic mass is 10.0. The minimum Gasteiger partial charge on any atom is -0.336 e. The second-order valence-electron chi connectivity index (χ2n) is 7.96. The van der Waals surface area contributed by atoms with Gasteiger partial charge in [0.15, 0.2) is 0 Å². The van der Waals surface area contributed by atoms with Crippen LogP contribution in [0, 0.1) is 12.7 Å². The molecule has 1 saturated heterocycles. The zero-order valence-corrected chi connectivity index (χ0v) is 17.7. The Morgan fingerprint density at radius 2 is 1.91 bits per heavy atom. The molecule has 7 nitrogen and oxygen atoms in total. The fraction of sp³-hybridized carbons (Fsp3) is 0.250. The molecule has 0 spiro atoms. The van der Waals surface area contributed by atoms with Crippen molar-refractivity contribution in [2.75, 3.05) is 26.2 Å². The number of benzene rings is 1. The Balaban J connectivity index is 1.40. The quantitative estimate of drug-likeness (QED) is 0.491. The summed E-state index contributed by atoms with van der Waals surface area (Å²) in [5.41, 5.74) is 3.82. The van der Waals surface area contributed by atoms with Crippen molar-refractivity contribution >= 4 is 17.0 Å². The van der Waals surface area contributed by atoms with Crippen LogP contribution in [-0.2, 0) is 6.54 Å². The van der Waals surface area contributed by atoms with Crippen LogP contribution in [0.2, 0.25) is 0 Å². The second-order valence-corrected chi connectivity index (χ2v) is 7.96. The molecule has 1 fully saturated rings. The number of amides is 1. The molecule has 5 rings (SSSR count). The molecule has 1 aliphatic heterocycles. The summed E-state index contributed by atoms with van der Waals surface area (Å²) in [6.45, 7) is 5.44. The van der Waals surface area contributed by atoms with Gasteiger partial charge in [-0.15, -0.1) is 0 Å². The van der Waals surface area contributed by atoms with Crippen LogP contribution in [0.15, 0.2) is 59.4 Å². The van der Waals surface area contributed by atoms with Crippen LogP contribution in [0.3, 0.4) is 0 Å². The van der Waals surface area contributed by atoms with Gasteiger partial charge in [0.1, 0.15) is 11.5 Å². The molecule has 1 amide bonds. The van der Waals surface area contributed by atoms with Gasteiger partial charge in [0.2, 0.25) is 0 Å². The van der Waals surface area contributed by atoms with Gasteiger partial charge in [-0.25, -0.2) is 9.37 Å². The summed E-state index contributed by atoms with van der Waals surface area (Å²) in [6.07, 6.45) is 3.64. The fourth-order valence-corrected chi connectivity index (χ4v) is 4.08. The lowest BCUT2D eigenvalue weighted by Crippen LogP contribution is -2.48. The molecule has 0 atom stereocenters. The number of aromatic nitrogens is 3. The van der Waals surface area contributed by atoms with Crippen LogP contribution in [-0.4, -0.2) is 57.0 Å². The molecule has 0 aliphatic carbocycles. The number of halogens is 1. The van der Waals surface area contributed by atoms with E-state index in [1.165, 1.54) is 12.1 Å². The molecule has 0 N–H and O–H groups in total. The number of pyridine rings is 2. The molecule has 0 saturated carbocycles. The van der Waals surface area contributed by atoms with Crippen LogP contribution in [0.5, 0.6) is 0 Å². The van der Waals surface area contributed by atoms with Crippen LogP contribution in [0.25, 0.3) is 22.4 Å². The first-order chi connectivity index (χ1) is 15.6. The molecule has 3 aromatic heterocycles. The maximum atomic E-state index is 13.5. The SMILES string of the molecule is Cc1cc(C(=O)N2CCN(Cc3cccnc3)CC2)c2c(-c3ccc(F)cc3)noc2n1. The van der Waals surface area contributed by atoms with E-state index in [-0.39, 0.29) is 11.7 Å². The van der Waals surface area contributed by atoms with Gasteiger partial charge in [0.05, 0.1) is 10.9 Å². The average Bonchev–Trinajstić information content (AvgIpc) is 3.23. The number of piperazine rings is 1. The molecule has 0 radical (unpaired) electrons. The predicted molar refractivity (Wildman–Crippen MR) is 117 cm³/mol. The summed E-state index contributed by atoms with van der Waals surface area (Å²) in [4.78, 5) is 26.2. The molecular weight excluding hydrogens is 409 g/mol. The first-order valence-electron chi connectivity index (χ1n) is 10.5. The number of carbonyl (C=O) groups is 1. The van der Waals surface area contributed by atoms with E-state index >= 15 is 0 Å². The molecule has 0 bridgehead atoms. The molecule has 162 valence electrons. The lowest BCUT2D eigenvalue weighted by molar-refractivity contribution is 0.0630. The maximum Gasteiger partial charge on any atom is 0.259 e. The normalized spacial score (nSPS) is 14.8. The van der Waals surface area contributed by atoms with Crippen molar-refractivity contribution in [3.05, 3.63) is 77.5 Å². The van der Waals surface area contributed by atoms with E-state index in [1.54, 1.807) is 24.4 Å². The smallest absolute Gasteiger partial charge is 0.259 e. The Labute approximate surface area is 184 Å². The Morgan fingerprint density at radius 1 is 1.12 bits per heavy atom. The van der Waals surface area contributed by atoms with E-state index < -0.39 is 0 Å². The van der Waals surface area contributed by atoms with Crippen molar-refractivity contribution in [1.82, 2.24) is 24.9 Å². The zero-order chi connectivity index (χ0) is 22.1. The minimum absolute atomic E-state index is 0.0758. The van der Waals surface area contributed by atoms with Crippen molar-refractivity contribution in [3.8, 4) is 11.3 Å². The third-order valence-electron chi connectivity index (χ3n) is 5.71. The molecule has 1 aliphatic rings. The monoisotopic (exact) mass is 431 g/mol. The van der Waals surface area contributed by atoms with Crippen molar-refractivity contribution in [3.63, 3.8) is 0 Å². The maximum absolute atomic E-state index is 13.5. The van der Waals surface area contributed by atoms with Gasteiger partial charge in [0, 0.05) is 56.4 Å². The van der Waals surface area contributed by atoms with E-state index in [4.69, 9.17) is 4.52 Å². The van der Waals surface area contributed by atoms with Gasteiger partial charge < -0.3 is 9.42 Å². The Morgan fingerprint density at radius 3 is 2.62 bits per heavy atom. The Bertz CT molecular complexity index is 1250. The summed E-state index contributed by atoms with van der Waals surface area (Å²) >= 11 is 0. The topological polar surface area (TPSA) is 75.4 Å². The van der Waals surface area contributed by atoms with Gasteiger partial charge in [-0.2, -0.15) is 0 Å². The highest BCUT2D eigenvalue weighted by Crippen LogP contribution is 2.31.